The molecule has 7 heteroatoms. The van der Waals surface area contributed by atoms with Gasteiger partial charge in [0.1, 0.15) is 11.3 Å². The highest BCUT2D eigenvalue weighted by Crippen LogP contribution is 2.24. The zero-order valence-electron chi connectivity index (χ0n) is 12.6. The molecule has 1 aromatic carbocycles. The van der Waals surface area contributed by atoms with Crippen molar-refractivity contribution >= 4 is 35.1 Å². The van der Waals surface area contributed by atoms with Crippen LogP contribution < -0.4 is 0 Å². The third kappa shape index (κ3) is 3.86. The predicted octanol–water partition coefficient (Wildman–Crippen LogP) is 4.12. The van der Waals surface area contributed by atoms with Crippen LogP contribution in [0.2, 0.25) is 10.0 Å². The van der Waals surface area contributed by atoms with E-state index in [1.165, 1.54) is 11.0 Å². The molecule has 1 heterocycles. The molecular weight excluding hydrogens is 341 g/mol. The fourth-order valence-corrected chi connectivity index (χ4v) is 2.47. The summed E-state index contributed by atoms with van der Waals surface area (Å²) in [5.41, 5.74) is 0.815. The summed E-state index contributed by atoms with van der Waals surface area (Å²) in [7, 11) is 1.60. The van der Waals surface area contributed by atoms with E-state index in [9.17, 15) is 9.59 Å². The van der Waals surface area contributed by atoms with E-state index in [1.54, 1.807) is 32.2 Å². The van der Waals surface area contributed by atoms with Crippen LogP contribution in [-0.4, -0.2) is 28.9 Å². The maximum atomic E-state index is 12.4. The first-order chi connectivity index (χ1) is 10.8. The van der Waals surface area contributed by atoms with E-state index in [1.807, 2.05) is 0 Å². The quantitative estimate of drug-likeness (QED) is 0.875. The molecule has 0 radical (unpaired) electrons. The highest BCUT2D eigenvalue weighted by Gasteiger charge is 2.22. The van der Waals surface area contributed by atoms with Gasteiger partial charge in [-0.05, 0) is 17.7 Å². The number of amides is 1. The van der Waals surface area contributed by atoms with Crippen molar-refractivity contribution in [2.45, 2.75) is 19.9 Å². The minimum atomic E-state index is -1.11. The summed E-state index contributed by atoms with van der Waals surface area (Å²) >= 11 is 11.8. The Labute approximate surface area is 143 Å². The SMILES string of the molecule is CCc1oc(C(=O)N(C)Cc2ccc(Cl)c(Cl)c2)cc1C(=O)O. The number of aryl methyl sites for hydroxylation is 1. The van der Waals surface area contributed by atoms with E-state index in [4.69, 9.17) is 32.7 Å². The van der Waals surface area contributed by atoms with E-state index < -0.39 is 11.9 Å². The van der Waals surface area contributed by atoms with Gasteiger partial charge in [-0.25, -0.2) is 4.79 Å². The first kappa shape index (κ1) is 17.4. The lowest BCUT2D eigenvalue weighted by atomic mass is 10.2. The number of aromatic carboxylic acids is 1. The Morgan fingerprint density at radius 1 is 1.22 bits per heavy atom. The van der Waals surface area contributed by atoms with Gasteiger partial charge in [0.05, 0.1) is 10.0 Å². The van der Waals surface area contributed by atoms with Crippen LogP contribution in [0.3, 0.4) is 0 Å². The van der Waals surface area contributed by atoms with E-state index in [0.717, 1.165) is 5.56 Å². The molecule has 5 nitrogen and oxygen atoms in total. The molecule has 0 atom stereocenters. The van der Waals surface area contributed by atoms with Gasteiger partial charge in [0.15, 0.2) is 5.76 Å². The molecule has 2 rings (SSSR count). The molecule has 0 saturated heterocycles. The molecule has 0 aliphatic carbocycles. The van der Waals surface area contributed by atoms with Crippen LogP contribution in [0, 0.1) is 0 Å². The maximum absolute atomic E-state index is 12.4. The molecule has 122 valence electrons. The highest BCUT2D eigenvalue weighted by molar-refractivity contribution is 6.42. The van der Waals surface area contributed by atoms with Crippen molar-refractivity contribution in [3.05, 3.63) is 57.0 Å². The van der Waals surface area contributed by atoms with Crippen molar-refractivity contribution < 1.29 is 19.1 Å². The van der Waals surface area contributed by atoms with E-state index >= 15 is 0 Å². The van der Waals surface area contributed by atoms with Crippen LogP contribution in [0.1, 0.15) is 39.2 Å². The van der Waals surface area contributed by atoms with Gasteiger partial charge in [-0.15, -0.1) is 0 Å². The number of carboxylic acids is 1. The summed E-state index contributed by atoms with van der Waals surface area (Å²) in [6.45, 7) is 2.05. The van der Waals surface area contributed by atoms with Crippen LogP contribution in [0.15, 0.2) is 28.7 Å². The summed E-state index contributed by atoms with van der Waals surface area (Å²) in [5.74, 6) is -1.24. The molecular formula is C16H15Cl2NO4. The van der Waals surface area contributed by atoms with Crippen LogP contribution in [0.5, 0.6) is 0 Å². The number of hydrogen-bond donors (Lipinski definition) is 1. The third-order valence-corrected chi connectivity index (χ3v) is 4.06. The van der Waals surface area contributed by atoms with Gasteiger partial charge in [-0.3, -0.25) is 4.79 Å². The molecule has 1 amide bonds. The molecule has 2 aromatic rings. The predicted molar refractivity (Wildman–Crippen MR) is 87.3 cm³/mol. The van der Waals surface area contributed by atoms with E-state index in [2.05, 4.69) is 0 Å². The molecule has 0 spiro atoms. The molecule has 0 saturated carbocycles. The Hall–Kier alpha value is -1.98. The summed E-state index contributed by atoms with van der Waals surface area (Å²) in [5, 5.41) is 9.96. The zero-order chi connectivity index (χ0) is 17.1. The standard InChI is InChI=1S/C16H15Cl2NO4/c1-3-13-10(16(21)22)7-14(23-13)15(20)19(2)8-9-4-5-11(17)12(18)6-9/h4-7H,3,8H2,1-2H3,(H,21,22). The Kier molecular flexibility index (Phi) is 5.34. The van der Waals surface area contributed by atoms with Crippen LogP contribution in [0.25, 0.3) is 0 Å². The molecule has 1 aromatic heterocycles. The topological polar surface area (TPSA) is 70.8 Å². The first-order valence-electron chi connectivity index (χ1n) is 6.88. The number of carbonyl (C=O) groups excluding carboxylic acids is 1. The van der Waals surface area contributed by atoms with Gasteiger partial charge in [0.2, 0.25) is 0 Å². The summed E-state index contributed by atoms with van der Waals surface area (Å²) in [6.07, 6.45) is 0.394. The third-order valence-electron chi connectivity index (χ3n) is 3.32. The zero-order valence-corrected chi connectivity index (χ0v) is 14.1. The van der Waals surface area contributed by atoms with Crippen LogP contribution in [-0.2, 0) is 13.0 Å². The second kappa shape index (κ2) is 7.06. The summed E-state index contributed by atoms with van der Waals surface area (Å²) in [4.78, 5) is 24.9. The number of benzene rings is 1. The van der Waals surface area contributed by atoms with Crippen molar-refractivity contribution in [3.8, 4) is 0 Å². The minimum Gasteiger partial charge on any atom is -0.478 e. The lowest BCUT2D eigenvalue weighted by Crippen LogP contribution is -2.25. The van der Waals surface area contributed by atoms with E-state index in [-0.39, 0.29) is 17.1 Å². The lowest BCUT2D eigenvalue weighted by Gasteiger charge is -2.16. The van der Waals surface area contributed by atoms with Gasteiger partial charge in [-0.1, -0.05) is 36.2 Å². The van der Waals surface area contributed by atoms with Crippen LogP contribution in [0.4, 0.5) is 0 Å². The number of nitrogens with zero attached hydrogens (tertiary/aromatic N) is 1. The number of rotatable bonds is 5. The van der Waals surface area contributed by atoms with Gasteiger partial charge < -0.3 is 14.4 Å². The van der Waals surface area contributed by atoms with Crippen molar-refractivity contribution in [3.63, 3.8) is 0 Å². The Morgan fingerprint density at radius 3 is 2.43 bits per heavy atom. The Morgan fingerprint density at radius 2 is 1.91 bits per heavy atom. The molecule has 0 unspecified atom stereocenters. The smallest absolute Gasteiger partial charge is 0.339 e. The number of carboxylic acid groups (broad SMARTS) is 1. The molecule has 0 aliphatic rings. The van der Waals surface area contributed by atoms with Gasteiger partial charge in [-0.2, -0.15) is 0 Å². The average molecular weight is 356 g/mol. The normalized spacial score (nSPS) is 10.6. The average Bonchev–Trinajstić information content (AvgIpc) is 2.94. The Bertz CT molecular complexity index is 755. The lowest BCUT2D eigenvalue weighted by molar-refractivity contribution is 0.0693. The molecule has 0 fully saturated rings. The van der Waals surface area contributed by atoms with Crippen molar-refractivity contribution in [2.75, 3.05) is 7.05 Å². The second-order valence-electron chi connectivity index (χ2n) is 5.02. The fourth-order valence-electron chi connectivity index (χ4n) is 2.15. The molecule has 1 N–H and O–H groups in total. The molecule has 0 aliphatic heterocycles. The maximum Gasteiger partial charge on any atom is 0.339 e. The highest BCUT2D eigenvalue weighted by atomic mass is 35.5. The van der Waals surface area contributed by atoms with E-state index in [0.29, 0.717) is 23.0 Å². The van der Waals surface area contributed by atoms with Crippen LogP contribution >= 0.6 is 23.2 Å². The number of carbonyl (C=O) groups is 2. The van der Waals surface area contributed by atoms with Gasteiger partial charge >= 0.3 is 5.97 Å². The number of furan rings is 1. The first-order valence-corrected chi connectivity index (χ1v) is 7.64. The Balaban J connectivity index is 2.19. The number of halogens is 2. The molecule has 23 heavy (non-hydrogen) atoms. The van der Waals surface area contributed by atoms with Crippen molar-refractivity contribution in [1.29, 1.82) is 0 Å². The fraction of sp³-hybridized carbons (Fsp3) is 0.250. The van der Waals surface area contributed by atoms with Crippen molar-refractivity contribution in [1.82, 2.24) is 4.90 Å². The second-order valence-corrected chi connectivity index (χ2v) is 5.83. The largest absolute Gasteiger partial charge is 0.478 e. The summed E-state index contributed by atoms with van der Waals surface area (Å²) < 4.78 is 5.37. The van der Waals surface area contributed by atoms with Crippen molar-refractivity contribution in [2.24, 2.45) is 0 Å². The molecule has 0 bridgehead atoms. The monoisotopic (exact) mass is 355 g/mol. The van der Waals surface area contributed by atoms with Gasteiger partial charge in [0.25, 0.3) is 5.91 Å². The summed E-state index contributed by atoms with van der Waals surface area (Å²) in [6, 6.07) is 6.35. The number of hydrogen-bond acceptors (Lipinski definition) is 3. The van der Waals surface area contributed by atoms with Gasteiger partial charge in [0, 0.05) is 26.1 Å². The minimum absolute atomic E-state index is 0.00168.